The van der Waals surface area contributed by atoms with Gasteiger partial charge in [-0.05, 0) is 53.9 Å². The van der Waals surface area contributed by atoms with E-state index in [1.54, 1.807) is 72.8 Å². The fraction of sp³-hybridized carbons (Fsp3) is 0.125. The van der Waals surface area contributed by atoms with Crippen molar-refractivity contribution >= 4 is 35.3 Å². The molecule has 0 aliphatic carbocycles. The number of aliphatic carboxylic acids is 1. The first-order valence-electron chi connectivity index (χ1n) is 13.0. The molecule has 42 heavy (non-hydrogen) atoms. The van der Waals surface area contributed by atoms with Gasteiger partial charge in [0, 0.05) is 12.1 Å². The van der Waals surface area contributed by atoms with E-state index in [4.69, 9.17) is 11.6 Å². The summed E-state index contributed by atoms with van der Waals surface area (Å²) in [5.74, 6) is -4.22. The van der Waals surface area contributed by atoms with Gasteiger partial charge in [-0.25, -0.2) is 10.4 Å². The van der Waals surface area contributed by atoms with Crippen molar-refractivity contribution in [3.8, 4) is 5.75 Å². The van der Waals surface area contributed by atoms with Gasteiger partial charge in [-0.15, -0.1) is 0 Å². The predicted octanol–water partition coefficient (Wildman–Crippen LogP) is 4.75. The summed E-state index contributed by atoms with van der Waals surface area (Å²) in [5, 5.41) is 22.4. The van der Waals surface area contributed by atoms with Crippen LogP contribution in [0, 0.1) is 0 Å². The van der Waals surface area contributed by atoms with Gasteiger partial charge < -0.3 is 15.5 Å². The van der Waals surface area contributed by atoms with E-state index in [0.29, 0.717) is 21.7 Å². The molecule has 0 saturated carbocycles. The van der Waals surface area contributed by atoms with Crippen molar-refractivity contribution in [2.45, 2.75) is 25.4 Å². The van der Waals surface area contributed by atoms with Crippen molar-refractivity contribution in [2.75, 3.05) is 0 Å². The van der Waals surface area contributed by atoms with Gasteiger partial charge in [-0.1, -0.05) is 84.4 Å². The molecule has 9 nitrogen and oxygen atoms in total. The van der Waals surface area contributed by atoms with Crippen LogP contribution in [0.1, 0.15) is 50.2 Å². The summed E-state index contributed by atoms with van der Waals surface area (Å²) < 4.78 is 0. The number of hydrogen-bond donors (Lipinski definition) is 4. The van der Waals surface area contributed by atoms with E-state index in [9.17, 15) is 29.4 Å². The Morgan fingerprint density at radius 3 is 2.00 bits per heavy atom. The molecule has 0 saturated heterocycles. The van der Waals surface area contributed by atoms with E-state index in [0.717, 1.165) is 0 Å². The zero-order valence-electron chi connectivity index (χ0n) is 22.5. The van der Waals surface area contributed by atoms with Gasteiger partial charge in [-0.2, -0.15) is 0 Å². The normalized spacial score (nSPS) is 11.5. The van der Waals surface area contributed by atoms with Crippen molar-refractivity contribution in [2.24, 2.45) is 0 Å². The molecule has 0 unspecified atom stereocenters. The maximum atomic E-state index is 14.1. The van der Waals surface area contributed by atoms with E-state index < -0.39 is 35.7 Å². The van der Waals surface area contributed by atoms with Gasteiger partial charge in [0.25, 0.3) is 17.7 Å². The SMILES string of the molecule is C[C@H](NN(C(=O)c1ccc(C(=O)NCc2cccc(O)c2)cc1Cl)C(=O)C(c1ccccc1)c1ccccc1)C(=O)O. The molecule has 0 bridgehead atoms. The number of halogens is 1. The number of carboxylic acids is 1. The minimum atomic E-state index is -1.30. The molecule has 214 valence electrons. The number of aromatic hydroxyl groups is 1. The average molecular weight is 586 g/mol. The number of hydrogen-bond acceptors (Lipinski definition) is 6. The smallest absolute Gasteiger partial charge is 0.322 e. The molecule has 0 fully saturated rings. The third-order valence-corrected chi connectivity index (χ3v) is 6.77. The summed E-state index contributed by atoms with van der Waals surface area (Å²) in [6, 6.07) is 26.7. The van der Waals surface area contributed by atoms with Crippen LogP contribution in [0.3, 0.4) is 0 Å². The zero-order chi connectivity index (χ0) is 30.2. The number of nitrogens with zero attached hydrogens (tertiary/aromatic N) is 1. The second-order valence-electron chi connectivity index (χ2n) is 9.47. The summed E-state index contributed by atoms with van der Waals surface area (Å²) >= 11 is 6.45. The van der Waals surface area contributed by atoms with E-state index in [-0.39, 0.29) is 28.4 Å². The lowest BCUT2D eigenvalue weighted by Gasteiger charge is -2.28. The van der Waals surface area contributed by atoms with Crippen LogP contribution in [-0.4, -0.2) is 45.0 Å². The lowest BCUT2D eigenvalue weighted by atomic mass is 9.90. The minimum absolute atomic E-state index is 0.0688. The van der Waals surface area contributed by atoms with Crippen LogP contribution in [0.5, 0.6) is 5.75 Å². The Kier molecular flexibility index (Phi) is 9.69. The molecule has 0 aromatic heterocycles. The quantitative estimate of drug-likeness (QED) is 0.197. The molecule has 0 aliphatic heterocycles. The van der Waals surface area contributed by atoms with Gasteiger partial charge in [0.2, 0.25) is 0 Å². The van der Waals surface area contributed by atoms with Crippen LogP contribution in [0.15, 0.2) is 103 Å². The largest absolute Gasteiger partial charge is 0.508 e. The topological polar surface area (TPSA) is 136 Å². The number of nitrogens with one attached hydrogen (secondary N) is 2. The Morgan fingerprint density at radius 1 is 0.833 bits per heavy atom. The highest BCUT2D eigenvalue weighted by Crippen LogP contribution is 2.28. The van der Waals surface area contributed by atoms with Gasteiger partial charge in [0.1, 0.15) is 11.8 Å². The Bertz CT molecular complexity index is 1560. The molecular weight excluding hydrogens is 558 g/mol. The van der Waals surface area contributed by atoms with Gasteiger partial charge in [0.05, 0.1) is 16.5 Å². The molecule has 10 heteroatoms. The highest BCUT2D eigenvalue weighted by molar-refractivity contribution is 6.34. The van der Waals surface area contributed by atoms with Gasteiger partial charge in [-0.3, -0.25) is 19.2 Å². The van der Waals surface area contributed by atoms with Crippen LogP contribution < -0.4 is 10.7 Å². The Hall–Kier alpha value is -4.99. The van der Waals surface area contributed by atoms with Crippen LogP contribution >= 0.6 is 11.6 Å². The number of carbonyl (C=O) groups is 4. The van der Waals surface area contributed by atoms with Crippen LogP contribution in [0.4, 0.5) is 0 Å². The third-order valence-electron chi connectivity index (χ3n) is 6.45. The molecular formula is C32H28ClN3O6. The van der Waals surface area contributed by atoms with Crippen molar-refractivity contribution < 1.29 is 29.4 Å². The molecule has 0 heterocycles. The van der Waals surface area contributed by atoms with E-state index in [1.165, 1.54) is 37.3 Å². The van der Waals surface area contributed by atoms with Crippen LogP contribution in [0.25, 0.3) is 0 Å². The predicted molar refractivity (Wildman–Crippen MR) is 157 cm³/mol. The van der Waals surface area contributed by atoms with Gasteiger partial charge in [0.15, 0.2) is 0 Å². The number of phenolic OH excluding ortho intramolecular Hbond substituents is 1. The molecule has 4 aromatic rings. The van der Waals surface area contributed by atoms with Crippen molar-refractivity contribution in [1.82, 2.24) is 15.8 Å². The second kappa shape index (κ2) is 13.6. The van der Waals surface area contributed by atoms with Crippen molar-refractivity contribution in [3.05, 3.63) is 136 Å². The first-order chi connectivity index (χ1) is 20.2. The standard InChI is InChI=1S/C32H28ClN3O6/c1-20(32(41)42)35-36(31(40)28(22-10-4-2-5-11-22)23-12-6-3-7-13-23)30(39)26-16-15-24(18-27(26)33)29(38)34-19-21-9-8-14-25(37)17-21/h2-18,20,28,35,37H,19H2,1H3,(H,34,38)(H,41,42)/t20-/m0/s1. The first-order valence-corrected chi connectivity index (χ1v) is 13.4. The minimum Gasteiger partial charge on any atom is -0.508 e. The fourth-order valence-electron chi connectivity index (χ4n) is 4.27. The summed E-state index contributed by atoms with van der Waals surface area (Å²) in [6.07, 6.45) is 0. The number of imide groups is 1. The number of benzene rings is 4. The lowest BCUT2D eigenvalue weighted by molar-refractivity contribution is -0.142. The molecule has 0 aliphatic rings. The monoisotopic (exact) mass is 585 g/mol. The number of amides is 3. The molecule has 4 rings (SSSR count). The second-order valence-corrected chi connectivity index (χ2v) is 9.88. The lowest BCUT2D eigenvalue weighted by Crippen LogP contribution is -2.54. The molecule has 1 atom stereocenters. The van der Waals surface area contributed by atoms with Crippen molar-refractivity contribution in [1.29, 1.82) is 0 Å². The fourth-order valence-corrected chi connectivity index (χ4v) is 4.53. The van der Waals surface area contributed by atoms with Crippen LogP contribution in [-0.2, 0) is 16.1 Å². The number of carboxylic acid groups (broad SMARTS) is 1. The summed E-state index contributed by atoms with van der Waals surface area (Å²) in [5.41, 5.74) is 4.44. The van der Waals surface area contributed by atoms with Gasteiger partial charge >= 0.3 is 5.97 Å². The zero-order valence-corrected chi connectivity index (χ0v) is 23.3. The summed E-state index contributed by atoms with van der Waals surface area (Å²) in [4.78, 5) is 52.3. The molecule has 0 radical (unpaired) electrons. The number of hydrazine groups is 1. The highest BCUT2D eigenvalue weighted by atomic mass is 35.5. The Labute approximate surface area is 247 Å². The summed E-state index contributed by atoms with van der Waals surface area (Å²) in [7, 11) is 0. The van der Waals surface area contributed by atoms with E-state index >= 15 is 0 Å². The highest BCUT2D eigenvalue weighted by Gasteiger charge is 2.34. The number of phenols is 1. The molecule has 0 spiro atoms. The average Bonchev–Trinajstić information content (AvgIpc) is 2.99. The number of carbonyl (C=O) groups excluding carboxylic acids is 3. The summed E-state index contributed by atoms with van der Waals surface area (Å²) in [6.45, 7) is 1.45. The third kappa shape index (κ3) is 7.20. The van der Waals surface area contributed by atoms with E-state index in [1.807, 2.05) is 0 Å². The van der Waals surface area contributed by atoms with Crippen LogP contribution in [0.2, 0.25) is 5.02 Å². The molecule has 4 N–H and O–H groups in total. The Morgan fingerprint density at radius 2 is 1.45 bits per heavy atom. The maximum Gasteiger partial charge on any atom is 0.322 e. The molecule has 3 amide bonds. The van der Waals surface area contributed by atoms with E-state index in [2.05, 4.69) is 10.7 Å². The molecule has 4 aromatic carbocycles. The number of rotatable bonds is 10. The Balaban J connectivity index is 1.64. The first kappa shape index (κ1) is 30.0. The maximum absolute atomic E-state index is 14.1. The van der Waals surface area contributed by atoms with Crippen molar-refractivity contribution in [3.63, 3.8) is 0 Å².